The summed E-state index contributed by atoms with van der Waals surface area (Å²) in [7, 11) is 0. The topological polar surface area (TPSA) is 24.4 Å². The van der Waals surface area contributed by atoms with Gasteiger partial charge in [0.25, 0.3) is 0 Å². The quantitative estimate of drug-likeness (QED) is 0.833. The van der Waals surface area contributed by atoms with Crippen LogP contribution in [0.5, 0.6) is 0 Å². The lowest BCUT2D eigenvalue weighted by Crippen LogP contribution is -2.28. The summed E-state index contributed by atoms with van der Waals surface area (Å²) in [4.78, 5) is 4.92. The Balaban J connectivity index is 1.94. The summed E-state index contributed by atoms with van der Waals surface area (Å²) < 4.78 is 0. The molecule has 0 aromatic heterocycles. The molecule has 1 unspecified atom stereocenters. The fourth-order valence-electron chi connectivity index (χ4n) is 2.81. The predicted octanol–water partition coefficient (Wildman–Crippen LogP) is 3.53. The minimum Gasteiger partial charge on any atom is -0.361 e. The number of hydrogen-bond donors (Lipinski definition) is 1. The molecule has 1 saturated carbocycles. The molecular weight excluding hydrogens is 228 g/mol. The molecule has 1 heterocycles. The standard InChI is InChI=1S/C14H26N2S/c1-9(2)7-10-8-17-12(15-10)16-11-13(3,4)14(11,5)6/h9-11H,7-8H2,1-6H3,(H,15,16). The van der Waals surface area contributed by atoms with Crippen LogP contribution in [0.25, 0.3) is 0 Å². The summed E-state index contributed by atoms with van der Waals surface area (Å²) >= 11 is 1.90. The zero-order valence-electron chi connectivity index (χ0n) is 12.0. The fraction of sp³-hybridized carbons (Fsp3) is 0.929. The van der Waals surface area contributed by atoms with E-state index in [1.165, 1.54) is 17.3 Å². The van der Waals surface area contributed by atoms with Crippen molar-refractivity contribution in [1.29, 1.82) is 0 Å². The first kappa shape index (κ1) is 13.3. The van der Waals surface area contributed by atoms with E-state index in [0.717, 1.165) is 5.92 Å². The van der Waals surface area contributed by atoms with Gasteiger partial charge in [0.15, 0.2) is 5.17 Å². The zero-order chi connectivity index (χ0) is 12.8. The maximum atomic E-state index is 4.92. The molecule has 3 heteroatoms. The summed E-state index contributed by atoms with van der Waals surface area (Å²) in [6, 6.07) is 1.12. The van der Waals surface area contributed by atoms with Crippen LogP contribution in [-0.4, -0.2) is 23.0 Å². The lowest BCUT2D eigenvalue weighted by atomic mass is 10.0. The van der Waals surface area contributed by atoms with Crippen molar-refractivity contribution in [3.05, 3.63) is 0 Å². The molecule has 2 fully saturated rings. The van der Waals surface area contributed by atoms with Crippen LogP contribution in [0.4, 0.5) is 0 Å². The van der Waals surface area contributed by atoms with Gasteiger partial charge in [-0.2, -0.15) is 0 Å². The summed E-state index contributed by atoms with van der Waals surface area (Å²) in [6.07, 6.45) is 1.25. The van der Waals surface area contributed by atoms with Crippen LogP contribution in [0, 0.1) is 16.7 Å². The molecule has 2 aliphatic rings. The Morgan fingerprint density at radius 2 is 1.88 bits per heavy atom. The maximum absolute atomic E-state index is 4.92. The number of nitrogens with zero attached hydrogens (tertiary/aromatic N) is 1. The summed E-state index contributed by atoms with van der Waals surface area (Å²) in [5.74, 6) is 1.95. The van der Waals surface area contributed by atoms with E-state index in [2.05, 4.69) is 46.9 Å². The van der Waals surface area contributed by atoms with Gasteiger partial charge in [0.1, 0.15) is 0 Å². The Hall–Kier alpha value is -0.180. The highest BCUT2D eigenvalue weighted by Gasteiger charge is 2.65. The zero-order valence-corrected chi connectivity index (χ0v) is 12.8. The van der Waals surface area contributed by atoms with Crippen molar-refractivity contribution in [2.45, 2.75) is 60.0 Å². The lowest BCUT2D eigenvalue weighted by Gasteiger charge is -2.11. The van der Waals surface area contributed by atoms with Gasteiger partial charge in [-0.05, 0) is 23.2 Å². The molecule has 1 saturated heterocycles. The van der Waals surface area contributed by atoms with Crippen LogP contribution >= 0.6 is 11.8 Å². The third-order valence-electron chi connectivity index (χ3n) is 4.70. The van der Waals surface area contributed by atoms with Gasteiger partial charge >= 0.3 is 0 Å². The second kappa shape index (κ2) is 4.18. The van der Waals surface area contributed by atoms with E-state index in [1.54, 1.807) is 0 Å². The van der Waals surface area contributed by atoms with Gasteiger partial charge in [-0.3, -0.25) is 4.99 Å². The van der Waals surface area contributed by atoms with Gasteiger partial charge in [0, 0.05) is 11.8 Å². The van der Waals surface area contributed by atoms with Crippen molar-refractivity contribution >= 4 is 16.9 Å². The third kappa shape index (κ3) is 2.35. The molecule has 2 rings (SSSR count). The molecule has 2 nitrogen and oxygen atoms in total. The van der Waals surface area contributed by atoms with E-state index in [1.807, 2.05) is 11.8 Å². The Morgan fingerprint density at radius 3 is 2.35 bits per heavy atom. The Bertz CT molecular complexity index is 317. The molecule has 0 radical (unpaired) electrons. The number of hydrogen-bond acceptors (Lipinski definition) is 2. The van der Waals surface area contributed by atoms with Crippen LogP contribution < -0.4 is 5.32 Å². The minimum atomic E-state index is 0.359. The number of aliphatic imine (C=N–C) groups is 1. The van der Waals surface area contributed by atoms with Crippen LogP contribution in [0.15, 0.2) is 4.99 Å². The first-order valence-electron chi connectivity index (χ1n) is 6.72. The Kier molecular flexibility index (Phi) is 3.26. The van der Waals surface area contributed by atoms with Gasteiger partial charge < -0.3 is 5.32 Å². The minimum absolute atomic E-state index is 0.359. The lowest BCUT2D eigenvalue weighted by molar-refractivity contribution is 0.457. The van der Waals surface area contributed by atoms with Crippen LogP contribution in [0.3, 0.4) is 0 Å². The summed E-state index contributed by atoms with van der Waals surface area (Å²) in [6.45, 7) is 13.9. The Morgan fingerprint density at radius 1 is 1.29 bits per heavy atom. The van der Waals surface area contributed by atoms with Gasteiger partial charge in [0.2, 0.25) is 0 Å². The first-order chi connectivity index (χ1) is 7.75. The fourth-order valence-corrected chi connectivity index (χ4v) is 3.82. The summed E-state index contributed by atoms with van der Waals surface area (Å²) in [5, 5.41) is 4.76. The molecule has 0 amide bonds. The van der Waals surface area contributed by atoms with Gasteiger partial charge in [-0.1, -0.05) is 53.3 Å². The maximum Gasteiger partial charge on any atom is 0.157 e. The van der Waals surface area contributed by atoms with Crippen molar-refractivity contribution in [3.63, 3.8) is 0 Å². The van der Waals surface area contributed by atoms with E-state index in [9.17, 15) is 0 Å². The van der Waals surface area contributed by atoms with Crippen molar-refractivity contribution in [1.82, 2.24) is 5.32 Å². The number of amidine groups is 1. The number of rotatable bonds is 3. The number of nitrogens with one attached hydrogen (secondary N) is 1. The number of thioether (sulfide) groups is 1. The van der Waals surface area contributed by atoms with Gasteiger partial charge in [0.05, 0.1) is 6.04 Å². The molecule has 1 aliphatic heterocycles. The average molecular weight is 254 g/mol. The van der Waals surface area contributed by atoms with E-state index in [-0.39, 0.29) is 0 Å². The average Bonchev–Trinajstić information content (AvgIpc) is 2.53. The normalized spacial score (nSPS) is 33.1. The van der Waals surface area contributed by atoms with E-state index in [0.29, 0.717) is 22.9 Å². The van der Waals surface area contributed by atoms with E-state index >= 15 is 0 Å². The van der Waals surface area contributed by atoms with Crippen molar-refractivity contribution < 1.29 is 0 Å². The summed E-state index contributed by atoms with van der Waals surface area (Å²) in [5.41, 5.74) is 0.719. The van der Waals surface area contributed by atoms with Gasteiger partial charge in [-0.25, -0.2) is 0 Å². The highest BCUT2D eigenvalue weighted by Crippen LogP contribution is 2.64. The largest absolute Gasteiger partial charge is 0.361 e. The molecule has 98 valence electrons. The molecule has 17 heavy (non-hydrogen) atoms. The van der Waals surface area contributed by atoms with E-state index in [4.69, 9.17) is 4.99 Å². The van der Waals surface area contributed by atoms with Gasteiger partial charge in [-0.15, -0.1) is 0 Å². The molecule has 0 spiro atoms. The van der Waals surface area contributed by atoms with Crippen molar-refractivity contribution in [3.8, 4) is 0 Å². The first-order valence-corrected chi connectivity index (χ1v) is 7.71. The second-order valence-corrected chi connectivity index (χ2v) is 8.07. The third-order valence-corrected chi connectivity index (χ3v) is 5.76. The Labute approximate surface area is 110 Å². The molecule has 1 N–H and O–H groups in total. The van der Waals surface area contributed by atoms with Crippen LogP contribution in [0.2, 0.25) is 0 Å². The van der Waals surface area contributed by atoms with Crippen molar-refractivity contribution in [2.75, 3.05) is 5.75 Å². The van der Waals surface area contributed by atoms with Crippen LogP contribution in [-0.2, 0) is 0 Å². The molecule has 0 aromatic rings. The molecule has 0 aromatic carbocycles. The van der Waals surface area contributed by atoms with E-state index < -0.39 is 0 Å². The smallest absolute Gasteiger partial charge is 0.157 e. The van der Waals surface area contributed by atoms with Crippen LogP contribution in [0.1, 0.15) is 48.0 Å². The predicted molar refractivity (Wildman–Crippen MR) is 77.6 cm³/mol. The molecular formula is C14H26N2S. The monoisotopic (exact) mass is 254 g/mol. The highest BCUT2D eigenvalue weighted by molar-refractivity contribution is 8.14. The SMILES string of the molecule is CC(C)CC1CSC(=NC2C(C)(C)C2(C)C)N1. The second-order valence-electron chi connectivity index (χ2n) is 7.06. The molecule has 1 atom stereocenters. The van der Waals surface area contributed by atoms with Crippen molar-refractivity contribution in [2.24, 2.45) is 21.7 Å². The molecule has 1 aliphatic carbocycles. The highest BCUT2D eigenvalue weighted by atomic mass is 32.2. The molecule has 0 bridgehead atoms.